The van der Waals surface area contributed by atoms with Gasteiger partial charge < -0.3 is 29.6 Å². The number of hydrogen-bond donors (Lipinski definition) is 2. The van der Waals surface area contributed by atoms with Crippen LogP contribution in [0.25, 0.3) is 0 Å². The van der Waals surface area contributed by atoms with Crippen molar-refractivity contribution in [2.75, 3.05) is 52.7 Å². The van der Waals surface area contributed by atoms with E-state index in [1.807, 2.05) is 0 Å². The Morgan fingerprint density at radius 2 is 1.03 bits per heavy atom. The molecule has 2 aliphatic rings. The van der Waals surface area contributed by atoms with Crippen molar-refractivity contribution in [2.45, 2.75) is 89.3 Å². The normalized spacial score (nSPS) is 19.0. The molecule has 2 unspecified atom stereocenters. The van der Waals surface area contributed by atoms with Gasteiger partial charge in [0, 0.05) is 39.1 Å². The monoisotopic (exact) mass is 456 g/mol. The summed E-state index contributed by atoms with van der Waals surface area (Å²) < 4.78 is 21.1. The first-order valence-corrected chi connectivity index (χ1v) is 12.7. The van der Waals surface area contributed by atoms with Crippen LogP contribution in [0.4, 0.5) is 0 Å². The minimum absolute atomic E-state index is 0.150. The molecule has 186 valence electrons. The number of epoxide rings is 2. The fourth-order valence-electron chi connectivity index (χ4n) is 3.33. The summed E-state index contributed by atoms with van der Waals surface area (Å²) in [6.07, 6.45) is 12.0. The third kappa shape index (κ3) is 17.3. The van der Waals surface area contributed by atoms with Gasteiger partial charge in [0.15, 0.2) is 0 Å². The molecule has 0 radical (unpaired) electrons. The zero-order valence-corrected chi connectivity index (χ0v) is 19.7. The van der Waals surface area contributed by atoms with Gasteiger partial charge in [0.25, 0.3) is 0 Å². The van der Waals surface area contributed by atoms with Crippen molar-refractivity contribution in [1.29, 1.82) is 0 Å². The zero-order valence-electron chi connectivity index (χ0n) is 19.7. The number of ether oxygens (including phenoxy) is 4. The van der Waals surface area contributed by atoms with E-state index >= 15 is 0 Å². The second-order valence-corrected chi connectivity index (χ2v) is 8.80. The van der Waals surface area contributed by atoms with Crippen LogP contribution < -0.4 is 10.6 Å². The van der Waals surface area contributed by atoms with Gasteiger partial charge >= 0.3 is 0 Å². The third-order valence-corrected chi connectivity index (χ3v) is 5.55. The van der Waals surface area contributed by atoms with Crippen LogP contribution in [0.2, 0.25) is 0 Å². The summed E-state index contributed by atoms with van der Waals surface area (Å²) >= 11 is 0. The van der Waals surface area contributed by atoms with Crippen LogP contribution >= 0.6 is 0 Å². The molecule has 8 heteroatoms. The molecule has 2 fully saturated rings. The van der Waals surface area contributed by atoms with Gasteiger partial charge in [-0.1, -0.05) is 25.7 Å². The average Bonchev–Trinajstić information content (AvgIpc) is 3.69. The third-order valence-electron chi connectivity index (χ3n) is 5.55. The van der Waals surface area contributed by atoms with Gasteiger partial charge in [0.2, 0.25) is 11.8 Å². The number of hydrogen-bond acceptors (Lipinski definition) is 6. The van der Waals surface area contributed by atoms with Gasteiger partial charge in [-0.25, -0.2) is 0 Å². The predicted molar refractivity (Wildman–Crippen MR) is 123 cm³/mol. The van der Waals surface area contributed by atoms with Crippen LogP contribution in [0, 0.1) is 0 Å². The lowest BCUT2D eigenvalue weighted by Gasteiger charge is -2.06. The average molecular weight is 457 g/mol. The lowest BCUT2D eigenvalue weighted by molar-refractivity contribution is -0.122. The van der Waals surface area contributed by atoms with Crippen molar-refractivity contribution in [3.8, 4) is 0 Å². The molecule has 0 aromatic carbocycles. The molecule has 32 heavy (non-hydrogen) atoms. The zero-order chi connectivity index (χ0) is 22.7. The Labute approximate surface area is 193 Å². The molecule has 2 amide bonds. The van der Waals surface area contributed by atoms with Gasteiger partial charge in [0.05, 0.1) is 26.4 Å². The van der Waals surface area contributed by atoms with E-state index in [0.717, 1.165) is 104 Å². The van der Waals surface area contributed by atoms with Crippen LogP contribution in [0.3, 0.4) is 0 Å². The first-order chi connectivity index (χ1) is 15.7. The maximum Gasteiger partial charge on any atom is 0.219 e. The molecular weight excluding hydrogens is 412 g/mol. The summed E-state index contributed by atoms with van der Waals surface area (Å²) in [5.41, 5.74) is 0. The smallest absolute Gasteiger partial charge is 0.219 e. The van der Waals surface area contributed by atoms with Crippen molar-refractivity contribution in [3.63, 3.8) is 0 Å². The SMILES string of the molecule is O=C(CCCCCCCCC(=O)NCCCCOCC1CO1)NCCCCOCC1CO1. The van der Waals surface area contributed by atoms with Crippen molar-refractivity contribution in [2.24, 2.45) is 0 Å². The fraction of sp³-hybridized carbons (Fsp3) is 0.917. The van der Waals surface area contributed by atoms with Gasteiger partial charge in [-0.15, -0.1) is 0 Å². The first-order valence-electron chi connectivity index (χ1n) is 12.7. The maximum absolute atomic E-state index is 11.8. The van der Waals surface area contributed by atoms with E-state index in [1.54, 1.807) is 0 Å². The minimum atomic E-state index is 0.150. The van der Waals surface area contributed by atoms with Crippen molar-refractivity contribution in [3.05, 3.63) is 0 Å². The Morgan fingerprint density at radius 3 is 1.44 bits per heavy atom. The van der Waals surface area contributed by atoms with Crippen LogP contribution in [0.15, 0.2) is 0 Å². The molecule has 8 nitrogen and oxygen atoms in total. The van der Waals surface area contributed by atoms with E-state index in [1.165, 1.54) is 0 Å². The molecule has 2 heterocycles. The number of carbonyl (C=O) groups is 2. The summed E-state index contributed by atoms with van der Waals surface area (Å²) in [6, 6.07) is 0. The molecule has 2 atom stereocenters. The Morgan fingerprint density at radius 1 is 0.625 bits per heavy atom. The molecule has 0 spiro atoms. The maximum atomic E-state index is 11.8. The number of carbonyl (C=O) groups excluding carboxylic acids is 2. The van der Waals surface area contributed by atoms with Gasteiger partial charge in [-0.3, -0.25) is 9.59 Å². The largest absolute Gasteiger partial charge is 0.379 e. The first kappa shape index (κ1) is 27.0. The predicted octanol–water partition coefficient (Wildman–Crippen LogP) is 2.73. The molecule has 0 saturated carbocycles. The van der Waals surface area contributed by atoms with Crippen LogP contribution in [-0.2, 0) is 28.5 Å². The number of unbranched alkanes of at least 4 members (excludes halogenated alkanes) is 7. The minimum Gasteiger partial charge on any atom is -0.379 e. The summed E-state index contributed by atoms with van der Waals surface area (Å²) in [5, 5.41) is 5.96. The van der Waals surface area contributed by atoms with E-state index < -0.39 is 0 Å². The fourth-order valence-corrected chi connectivity index (χ4v) is 3.33. The molecule has 0 aliphatic carbocycles. The molecular formula is C24H44N2O6. The quantitative estimate of drug-likeness (QED) is 0.181. The highest BCUT2D eigenvalue weighted by Crippen LogP contribution is 2.10. The molecule has 2 rings (SSSR count). The van der Waals surface area contributed by atoms with E-state index in [0.29, 0.717) is 38.3 Å². The van der Waals surface area contributed by atoms with Crippen LogP contribution in [0.1, 0.15) is 77.0 Å². The summed E-state index contributed by atoms with van der Waals surface area (Å²) in [4.78, 5) is 23.6. The topological polar surface area (TPSA) is 102 Å². The highest BCUT2D eigenvalue weighted by atomic mass is 16.6. The molecule has 2 saturated heterocycles. The standard InChI is InChI=1S/C24H44N2O6/c27-23(25-13-7-9-15-29-17-21-19-31-21)11-5-3-1-2-4-6-12-24(28)26-14-8-10-16-30-18-22-20-32-22/h21-22H,1-20H2,(H,25,27)(H,26,28). The van der Waals surface area contributed by atoms with Crippen molar-refractivity contribution >= 4 is 11.8 Å². The summed E-state index contributed by atoms with van der Waals surface area (Å²) in [5.74, 6) is 0.301. The Kier molecular flexibility index (Phi) is 15.4. The molecule has 0 aromatic heterocycles. The second kappa shape index (κ2) is 18.2. The van der Waals surface area contributed by atoms with Crippen molar-refractivity contribution < 1.29 is 28.5 Å². The highest BCUT2D eigenvalue weighted by molar-refractivity contribution is 5.76. The van der Waals surface area contributed by atoms with E-state index in [9.17, 15) is 9.59 Å². The van der Waals surface area contributed by atoms with E-state index in [-0.39, 0.29) is 11.8 Å². The molecule has 0 aromatic rings. The second-order valence-electron chi connectivity index (χ2n) is 8.80. The molecule has 2 N–H and O–H groups in total. The molecule has 0 bridgehead atoms. The van der Waals surface area contributed by atoms with Gasteiger partial charge in [-0.05, 0) is 38.5 Å². The van der Waals surface area contributed by atoms with E-state index in [4.69, 9.17) is 18.9 Å². The Bertz CT molecular complexity index is 453. The molecule has 2 aliphatic heterocycles. The van der Waals surface area contributed by atoms with E-state index in [2.05, 4.69) is 10.6 Å². The van der Waals surface area contributed by atoms with Crippen molar-refractivity contribution in [1.82, 2.24) is 10.6 Å². The van der Waals surface area contributed by atoms with Gasteiger partial charge in [-0.2, -0.15) is 0 Å². The Hall–Kier alpha value is -1.22. The summed E-state index contributed by atoms with van der Waals surface area (Å²) in [7, 11) is 0. The number of rotatable bonds is 23. The number of amides is 2. The number of nitrogens with one attached hydrogen (secondary N) is 2. The lowest BCUT2D eigenvalue weighted by Crippen LogP contribution is -2.24. The van der Waals surface area contributed by atoms with Gasteiger partial charge in [0.1, 0.15) is 12.2 Å². The van der Waals surface area contributed by atoms with Crippen LogP contribution in [-0.4, -0.2) is 76.8 Å². The summed E-state index contributed by atoms with van der Waals surface area (Å²) in [6.45, 7) is 6.01. The van der Waals surface area contributed by atoms with Crippen LogP contribution in [0.5, 0.6) is 0 Å². The Balaban J connectivity index is 1.22. The lowest BCUT2D eigenvalue weighted by atomic mass is 10.1. The highest BCUT2D eigenvalue weighted by Gasteiger charge is 2.22.